The Morgan fingerprint density at radius 2 is 1.50 bits per heavy atom. The van der Waals surface area contributed by atoms with Crippen LogP contribution in [-0.4, -0.2) is 34.6 Å². The molecule has 0 aliphatic heterocycles. The molecule has 1 N–H and O–H groups in total. The Morgan fingerprint density at radius 3 is 2.08 bits per heavy atom. The van der Waals surface area contributed by atoms with Gasteiger partial charge < -0.3 is 10.2 Å². The molecule has 0 spiro atoms. The van der Waals surface area contributed by atoms with E-state index in [4.69, 9.17) is 46.4 Å². The lowest BCUT2D eigenvalue weighted by molar-refractivity contribution is -0.139. The molecular formula is C29H30Cl4N2O2S. The second-order valence-corrected chi connectivity index (χ2v) is 11.7. The molecule has 2 atom stereocenters. The van der Waals surface area contributed by atoms with Crippen LogP contribution in [0.4, 0.5) is 0 Å². The normalized spacial score (nSPS) is 12.6. The molecule has 0 heterocycles. The fourth-order valence-electron chi connectivity index (χ4n) is 3.80. The van der Waals surface area contributed by atoms with Crippen LogP contribution in [0.25, 0.3) is 0 Å². The van der Waals surface area contributed by atoms with Gasteiger partial charge in [-0.25, -0.2) is 0 Å². The predicted octanol–water partition coefficient (Wildman–Crippen LogP) is 8.09. The number of benzene rings is 3. The summed E-state index contributed by atoms with van der Waals surface area (Å²) in [6, 6.07) is 19.4. The predicted molar refractivity (Wildman–Crippen MR) is 161 cm³/mol. The molecule has 3 aromatic carbocycles. The molecule has 0 bridgehead atoms. The second-order valence-electron chi connectivity index (χ2n) is 9.01. The monoisotopic (exact) mass is 610 g/mol. The molecule has 202 valence electrons. The Labute approximate surface area is 249 Å². The van der Waals surface area contributed by atoms with Gasteiger partial charge in [0.15, 0.2) is 0 Å². The highest BCUT2D eigenvalue weighted by Gasteiger charge is 2.31. The molecule has 0 unspecified atom stereocenters. The summed E-state index contributed by atoms with van der Waals surface area (Å²) in [6.45, 7) is 4.13. The fraction of sp³-hybridized carbons (Fsp3) is 0.310. The number of carbonyl (C=O) groups is 2. The highest BCUT2D eigenvalue weighted by atomic mass is 35.5. The molecule has 0 saturated heterocycles. The van der Waals surface area contributed by atoms with Crippen LogP contribution in [0.2, 0.25) is 20.1 Å². The fourth-order valence-corrected chi connectivity index (χ4v) is 5.74. The summed E-state index contributed by atoms with van der Waals surface area (Å²) in [5, 5.41) is 5.12. The van der Waals surface area contributed by atoms with Crippen LogP contribution in [0.5, 0.6) is 0 Å². The minimum absolute atomic E-state index is 0.0294. The largest absolute Gasteiger partial charge is 0.352 e. The molecule has 0 radical (unpaired) electrons. The number of nitrogens with one attached hydrogen (secondary N) is 1. The first-order valence-electron chi connectivity index (χ1n) is 12.3. The van der Waals surface area contributed by atoms with Crippen molar-refractivity contribution in [3.63, 3.8) is 0 Å². The van der Waals surface area contributed by atoms with Crippen LogP contribution in [0, 0.1) is 0 Å². The maximum atomic E-state index is 13.7. The van der Waals surface area contributed by atoms with E-state index in [0.717, 1.165) is 17.5 Å². The van der Waals surface area contributed by atoms with E-state index in [9.17, 15) is 9.59 Å². The van der Waals surface area contributed by atoms with E-state index < -0.39 is 6.04 Å². The second kappa shape index (κ2) is 15.0. The average Bonchev–Trinajstić information content (AvgIpc) is 2.88. The number of rotatable bonds is 12. The van der Waals surface area contributed by atoms with Gasteiger partial charge >= 0.3 is 0 Å². The first-order chi connectivity index (χ1) is 18.2. The van der Waals surface area contributed by atoms with Crippen molar-refractivity contribution in [3.05, 3.63) is 104 Å². The number of amides is 2. The zero-order valence-electron chi connectivity index (χ0n) is 21.2. The molecule has 4 nitrogen and oxygen atoms in total. The first-order valence-corrected chi connectivity index (χ1v) is 14.9. The van der Waals surface area contributed by atoms with Crippen molar-refractivity contribution >= 4 is 70.0 Å². The van der Waals surface area contributed by atoms with E-state index in [-0.39, 0.29) is 30.2 Å². The van der Waals surface area contributed by atoms with E-state index in [1.165, 1.54) is 11.8 Å². The maximum absolute atomic E-state index is 13.7. The van der Waals surface area contributed by atoms with Crippen LogP contribution < -0.4 is 5.32 Å². The standard InChI is InChI=1S/C29H30Cl4N2O2S/c1-3-19(2)34-29(37)27(13-20-7-5-4-6-8-20)35(16-21-9-11-23(30)14-25(21)32)28(36)18-38-17-22-10-12-24(31)15-26(22)33/h4-12,14-15,19,27H,3,13,16-18H2,1-2H3,(H,34,37)/t19-,27-/m1/s1. The van der Waals surface area contributed by atoms with Gasteiger partial charge in [-0.1, -0.05) is 95.8 Å². The van der Waals surface area contributed by atoms with Gasteiger partial charge in [0, 0.05) is 44.9 Å². The van der Waals surface area contributed by atoms with Crippen LogP contribution >= 0.6 is 58.2 Å². The average molecular weight is 612 g/mol. The highest BCUT2D eigenvalue weighted by molar-refractivity contribution is 7.99. The Balaban J connectivity index is 1.89. The number of hydrogen-bond donors (Lipinski definition) is 1. The molecule has 9 heteroatoms. The van der Waals surface area contributed by atoms with Gasteiger partial charge in [0.1, 0.15) is 6.04 Å². The summed E-state index contributed by atoms with van der Waals surface area (Å²) in [7, 11) is 0. The number of carbonyl (C=O) groups excluding carboxylic acids is 2. The van der Waals surface area contributed by atoms with Gasteiger partial charge in [0.05, 0.1) is 5.75 Å². The van der Waals surface area contributed by atoms with Crippen LogP contribution in [0.15, 0.2) is 66.7 Å². The number of nitrogens with zero attached hydrogens (tertiary/aromatic N) is 1. The Kier molecular flexibility index (Phi) is 12.1. The lowest BCUT2D eigenvalue weighted by atomic mass is 10.0. The quantitative estimate of drug-likeness (QED) is 0.225. The minimum Gasteiger partial charge on any atom is -0.352 e. The number of halogens is 4. The Morgan fingerprint density at radius 1 is 0.895 bits per heavy atom. The van der Waals surface area contributed by atoms with E-state index in [1.54, 1.807) is 35.2 Å². The lowest BCUT2D eigenvalue weighted by Gasteiger charge is -2.32. The summed E-state index contributed by atoms with van der Waals surface area (Å²) < 4.78 is 0. The lowest BCUT2D eigenvalue weighted by Crippen LogP contribution is -2.52. The Bertz CT molecular complexity index is 1240. The van der Waals surface area contributed by atoms with Crippen molar-refractivity contribution in [2.75, 3.05) is 5.75 Å². The van der Waals surface area contributed by atoms with Crippen LogP contribution in [-0.2, 0) is 28.3 Å². The van der Waals surface area contributed by atoms with Gasteiger partial charge in [-0.3, -0.25) is 9.59 Å². The number of thioether (sulfide) groups is 1. The summed E-state index contributed by atoms with van der Waals surface area (Å²) in [6.07, 6.45) is 1.15. The third-order valence-electron chi connectivity index (χ3n) is 6.13. The first kappa shape index (κ1) is 30.6. The van der Waals surface area contributed by atoms with Gasteiger partial charge in [0.25, 0.3) is 0 Å². The van der Waals surface area contributed by atoms with Gasteiger partial charge in [-0.05, 0) is 54.3 Å². The van der Waals surface area contributed by atoms with E-state index in [1.807, 2.05) is 50.2 Å². The molecule has 0 aliphatic rings. The zero-order chi connectivity index (χ0) is 27.7. The topological polar surface area (TPSA) is 49.4 Å². The third-order valence-corrected chi connectivity index (χ3v) is 8.27. The summed E-state index contributed by atoms with van der Waals surface area (Å²) >= 11 is 26.4. The minimum atomic E-state index is -0.731. The van der Waals surface area contributed by atoms with Gasteiger partial charge in [0.2, 0.25) is 11.8 Å². The zero-order valence-corrected chi connectivity index (χ0v) is 25.1. The summed E-state index contributed by atoms with van der Waals surface area (Å²) in [5.41, 5.74) is 2.55. The van der Waals surface area contributed by atoms with E-state index >= 15 is 0 Å². The van der Waals surface area contributed by atoms with Gasteiger partial charge in [-0.15, -0.1) is 11.8 Å². The van der Waals surface area contributed by atoms with Crippen molar-refractivity contribution in [1.29, 1.82) is 0 Å². The molecule has 0 fully saturated rings. The molecule has 2 amide bonds. The summed E-state index contributed by atoms with van der Waals surface area (Å²) in [5.74, 6) is 0.310. The smallest absolute Gasteiger partial charge is 0.243 e. The van der Waals surface area contributed by atoms with Crippen molar-refractivity contribution in [3.8, 4) is 0 Å². The van der Waals surface area contributed by atoms with Crippen LogP contribution in [0.3, 0.4) is 0 Å². The van der Waals surface area contributed by atoms with Gasteiger partial charge in [-0.2, -0.15) is 0 Å². The molecule has 0 aliphatic carbocycles. The molecule has 0 saturated carbocycles. The maximum Gasteiger partial charge on any atom is 0.243 e. The molecule has 0 aromatic heterocycles. The van der Waals surface area contributed by atoms with E-state index in [0.29, 0.717) is 37.8 Å². The molecule has 3 rings (SSSR count). The SMILES string of the molecule is CC[C@@H](C)NC(=O)[C@@H](Cc1ccccc1)N(Cc1ccc(Cl)cc1Cl)C(=O)CSCc1ccc(Cl)cc1Cl. The van der Waals surface area contributed by atoms with Crippen molar-refractivity contribution in [2.45, 2.75) is 51.1 Å². The van der Waals surface area contributed by atoms with Crippen LogP contribution in [0.1, 0.15) is 37.0 Å². The highest BCUT2D eigenvalue weighted by Crippen LogP contribution is 2.27. The van der Waals surface area contributed by atoms with Crippen molar-refractivity contribution in [2.24, 2.45) is 0 Å². The number of hydrogen-bond acceptors (Lipinski definition) is 3. The Hall–Kier alpha value is -1.89. The van der Waals surface area contributed by atoms with Crippen molar-refractivity contribution < 1.29 is 9.59 Å². The molecule has 38 heavy (non-hydrogen) atoms. The van der Waals surface area contributed by atoms with E-state index in [2.05, 4.69) is 5.32 Å². The summed E-state index contributed by atoms with van der Waals surface area (Å²) in [4.78, 5) is 28.9. The van der Waals surface area contributed by atoms with Crippen molar-refractivity contribution in [1.82, 2.24) is 10.2 Å². The molecule has 3 aromatic rings. The third kappa shape index (κ3) is 9.10. The molecular weight excluding hydrogens is 582 g/mol.